The van der Waals surface area contributed by atoms with Crippen LogP contribution in [0.15, 0.2) is 18.2 Å². The normalized spacial score (nSPS) is 19.6. The molecule has 17 heavy (non-hydrogen) atoms. The van der Waals surface area contributed by atoms with Crippen LogP contribution in [0.1, 0.15) is 30.1 Å². The van der Waals surface area contributed by atoms with Crippen LogP contribution in [0, 0.1) is 5.92 Å². The molecule has 0 saturated carbocycles. The fourth-order valence-corrected chi connectivity index (χ4v) is 2.54. The molecule has 1 heterocycles. The van der Waals surface area contributed by atoms with E-state index in [4.69, 9.17) is 17.3 Å². The number of likely N-dealkylation sites (tertiary alicyclic amines) is 1. The molecule has 1 atom stereocenters. The summed E-state index contributed by atoms with van der Waals surface area (Å²) in [6, 6.07) is 5.18. The molecule has 1 aromatic rings. The lowest BCUT2D eigenvalue weighted by Gasteiger charge is -2.18. The van der Waals surface area contributed by atoms with Gasteiger partial charge in [-0.05, 0) is 24.5 Å². The molecule has 0 radical (unpaired) electrons. The quantitative estimate of drug-likeness (QED) is 0.823. The van der Waals surface area contributed by atoms with Crippen molar-refractivity contribution in [3.8, 4) is 0 Å². The van der Waals surface area contributed by atoms with E-state index in [1.807, 2.05) is 4.90 Å². The third-order valence-electron chi connectivity index (χ3n) is 3.41. The molecular formula is C13H17ClN2O. The molecule has 2 N–H and O–H groups in total. The molecule has 1 saturated heterocycles. The highest BCUT2D eigenvalue weighted by molar-refractivity contribution is 6.34. The van der Waals surface area contributed by atoms with E-state index in [0.29, 0.717) is 22.2 Å². The van der Waals surface area contributed by atoms with Gasteiger partial charge in [0.1, 0.15) is 0 Å². The minimum Gasteiger partial charge on any atom is -0.398 e. The molecule has 1 aliphatic heterocycles. The fourth-order valence-electron chi connectivity index (χ4n) is 2.27. The lowest BCUT2D eigenvalue weighted by atomic mass is 10.1. The van der Waals surface area contributed by atoms with E-state index < -0.39 is 0 Å². The van der Waals surface area contributed by atoms with Crippen LogP contribution in [-0.2, 0) is 0 Å². The molecule has 1 aromatic carbocycles. The van der Waals surface area contributed by atoms with Gasteiger partial charge >= 0.3 is 0 Å². The first-order valence-corrected chi connectivity index (χ1v) is 6.34. The molecule has 2 rings (SSSR count). The van der Waals surface area contributed by atoms with Crippen LogP contribution in [0.25, 0.3) is 0 Å². The van der Waals surface area contributed by atoms with Crippen LogP contribution in [0.4, 0.5) is 5.69 Å². The molecule has 1 aliphatic rings. The summed E-state index contributed by atoms with van der Waals surface area (Å²) >= 11 is 6.05. The van der Waals surface area contributed by atoms with Gasteiger partial charge in [-0.3, -0.25) is 4.79 Å². The Bertz CT molecular complexity index is 413. The lowest BCUT2D eigenvalue weighted by Crippen LogP contribution is -2.29. The van der Waals surface area contributed by atoms with Gasteiger partial charge in [-0.2, -0.15) is 0 Å². The van der Waals surface area contributed by atoms with Gasteiger partial charge in [0.05, 0.1) is 10.6 Å². The summed E-state index contributed by atoms with van der Waals surface area (Å²) < 4.78 is 0. The van der Waals surface area contributed by atoms with Gasteiger partial charge in [0.25, 0.3) is 5.91 Å². The van der Waals surface area contributed by atoms with E-state index in [9.17, 15) is 4.79 Å². The van der Waals surface area contributed by atoms with Crippen molar-refractivity contribution in [1.29, 1.82) is 0 Å². The van der Waals surface area contributed by atoms with Crippen molar-refractivity contribution >= 4 is 23.2 Å². The smallest absolute Gasteiger partial charge is 0.257 e. The highest BCUT2D eigenvalue weighted by Crippen LogP contribution is 2.27. The van der Waals surface area contributed by atoms with Gasteiger partial charge in [-0.15, -0.1) is 0 Å². The Morgan fingerprint density at radius 3 is 2.94 bits per heavy atom. The maximum atomic E-state index is 12.3. The lowest BCUT2D eigenvalue weighted by molar-refractivity contribution is 0.0788. The number of nitrogens with two attached hydrogens (primary N) is 1. The number of hydrogen-bond donors (Lipinski definition) is 1. The second kappa shape index (κ2) is 4.96. The molecule has 0 spiro atoms. The van der Waals surface area contributed by atoms with Gasteiger partial charge in [0.15, 0.2) is 0 Å². The van der Waals surface area contributed by atoms with E-state index in [2.05, 4.69) is 6.92 Å². The van der Waals surface area contributed by atoms with Gasteiger partial charge in [-0.1, -0.05) is 31.0 Å². The number of nitrogens with zero attached hydrogens (tertiary/aromatic N) is 1. The molecule has 0 aliphatic carbocycles. The van der Waals surface area contributed by atoms with Crippen molar-refractivity contribution in [2.24, 2.45) is 5.92 Å². The van der Waals surface area contributed by atoms with Crippen LogP contribution >= 0.6 is 11.6 Å². The van der Waals surface area contributed by atoms with E-state index in [0.717, 1.165) is 25.9 Å². The Morgan fingerprint density at radius 1 is 1.59 bits per heavy atom. The van der Waals surface area contributed by atoms with E-state index in [1.54, 1.807) is 18.2 Å². The Labute approximate surface area is 107 Å². The molecule has 92 valence electrons. The summed E-state index contributed by atoms with van der Waals surface area (Å²) in [5.74, 6) is 0.576. The summed E-state index contributed by atoms with van der Waals surface area (Å²) in [4.78, 5) is 14.2. The highest BCUT2D eigenvalue weighted by atomic mass is 35.5. The predicted octanol–water partition coefficient (Wildman–Crippen LogP) is 2.79. The van der Waals surface area contributed by atoms with Gasteiger partial charge in [0.2, 0.25) is 0 Å². The summed E-state index contributed by atoms with van der Waals surface area (Å²) in [5, 5.41) is 0.440. The number of anilines is 1. The summed E-state index contributed by atoms with van der Waals surface area (Å²) in [5.41, 5.74) is 6.74. The minimum absolute atomic E-state index is 0.0379. The van der Waals surface area contributed by atoms with E-state index in [-0.39, 0.29) is 5.91 Å². The second-order valence-corrected chi connectivity index (χ2v) is 4.93. The van der Waals surface area contributed by atoms with Gasteiger partial charge in [0, 0.05) is 18.8 Å². The Morgan fingerprint density at radius 2 is 2.35 bits per heavy atom. The maximum absolute atomic E-state index is 12.3. The SMILES string of the molecule is CCC1CCN(C(=O)c2c(N)cccc2Cl)C1. The summed E-state index contributed by atoms with van der Waals surface area (Å²) in [6.45, 7) is 3.78. The average molecular weight is 253 g/mol. The Hall–Kier alpha value is -1.22. The molecule has 1 unspecified atom stereocenters. The minimum atomic E-state index is -0.0379. The van der Waals surface area contributed by atoms with Crippen LogP contribution in [-0.4, -0.2) is 23.9 Å². The molecule has 1 fully saturated rings. The molecule has 0 bridgehead atoms. The number of carbonyl (C=O) groups is 1. The first-order chi connectivity index (χ1) is 8.13. The number of halogens is 1. The van der Waals surface area contributed by atoms with Gasteiger partial charge in [-0.25, -0.2) is 0 Å². The van der Waals surface area contributed by atoms with Crippen LogP contribution in [0.3, 0.4) is 0 Å². The largest absolute Gasteiger partial charge is 0.398 e. The third-order valence-corrected chi connectivity index (χ3v) is 3.73. The molecule has 3 nitrogen and oxygen atoms in total. The van der Waals surface area contributed by atoms with Crippen molar-refractivity contribution in [2.45, 2.75) is 19.8 Å². The van der Waals surface area contributed by atoms with Crippen LogP contribution in [0.5, 0.6) is 0 Å². The number of carbonyl (C=O) groups excluding carboxylic acids is 1. The van der Waals surface area contributed by atoms with E-state index in [1.165, 1.54) is 0 Å². The predicted molar refractivity (Wildman–Crippen MR) is 70.2 cm³/mol. The maximum Gasteiger partial charge on any atom is 0.257 e. The van der Waals surface area contributed by atoms with Crippen molar-refractivity contribution in [1.82, 2.24) is 4.90 Å². The highest BCUT2D eigenvalue weighted by Gasteiger charge is 2.27. The molecule has 4 heteroatoms. The molecule has 1 amide bonds. The average Bonchev–Trinajstić information content (AvgIpc) is 2.77. The zero-order valence-electron chi connectivity index (χ0n) is 9.95. The summed E-state index contributed by atoms with van der Waals surface area (Å²) in [6.07, 6.45) is 2.19. The number of benzene rings is 1. The zero-order valence-corrected chi connectivity index (χ0v) is 10.7. The zero-order chi connectivity index (χ0) is 12.4. The Kier molecular flexibility index (Phi) is 3.57. The van der Waals surface area contributed by atoms with E-state index >= 15 is 0 Å². The third kappa shape index (κ3) is 2.39. The van der Waals surface area contributed by atoms with Crippen molar-refractivity contribution in [3.63, 3.8) is 0 Å². The number of nitrogen functional groups attached to an aromatic ring is 1. The standard InChI is InChI=1S/C13H17ClN2O/c1-2-9-6-7-16(8-9)13(17)12-10(14)4-3-5-11(12)15/h3-5,9H,2,6-8,15H2,1H3. The van der Waals surface area contributed by atoms with Gasteiger partial charge < -0.3 is 10.6 Å². The van der Waals surface area contributed by atoms with Crippen molar-refractivity contribution in [3.05, 3.63) is 28.8 Å². The van der Waals surface area contributed by atoms with Crippen molar-refractivity contribution < 1.29 is 4.79 Å². The first kappa shape index (κ1) is 12.2. The monoisotopic (exact) mass is 252 g/mol. The molecule has 0 aromatic heterocycles. The van der Waals surface area contributed by atoms with Crippen LogP contribution in [0.2, 0.25) is 5.02 Å². The fraction of sp³-hybridized carbons (Fsp3) is 0.462. The number of amides is 1. The second-order valence-electron chi connectivity index (χ2n) is 4.52. The van der Waals surface area contributed by atoms with Crippen LogP contribution < -0.4 is 5.73 Å². The summed E-state index contributed by atoms with van der Waals surface area (Å²) in [7, 11) is 0. The Balaban J connectivity index is 2.21. The number of rotatable bonds is 2. The van der Waals surface area contributed by atoms with Crippen molar-refractivity contribution in [2.75, 3.05) is 18.8 Å². The molecular weight excluding hydrogens is 236 g/mol. The number of hydrogen-bond acceptors (Lipinski definition) is 2. The topological polar surface area (TPSA) is 46.3 Å². The first-order valence-electron chi connectivity index (χ1n) is 5.96.